The van der Waals surface area contributed by atoms with E-state index in [-0.39, 0.29) is 17.9 Å². The van der Waals surface area contributed by atoms with E-state index < -0.39 is 47.2 Å². The molecule has 0 saturated heterocycles. The molecule has 5 rings (SSSR count). The number of halogens is 5. The lowest BCUT2D eigenvalue weighted by molar-refractivity contribution is 0.0457. The number of ether oxygens (including phenoxy) is 3. The van der Waals surface area contributed by atoms with Gasteiger partial charge in [0.15, 0.2) is 23.3 Å². The highest BCUT2D eigenvalue weighted by atomic mass is 19.2. The van der Waals surface area contributed by atoms with Gasteiger partial charge in [-0.1, -0.05) is 48.6 Å². The number of hydrogen-bond donors (Lipinski definition) is 0. The second-order valence-electron chi connectivity index (χ2n) is 8.78. The molecule has 0 fully saturated rings. The number of carbonyl (C=O) groups is 1. The predicted molar refractivity (Wildman–Crippen MR) is 132 cm³/mol. The van der Waals surface area contributed by atoms with E-state index in [1.807, 2.05) is 12.2 Å². The normalized spacial score (nSPS) is 15.7. The van der Waals surface area contributed by atoms with Gasteiger partial charge in [0, 0.05) is 10.8 Å². The summed E-state index contributed by atoms with van der Waals surface area (Å²) in [6.07, 6.45) is 7.69. The van der Waals surface area contributed by atoms with E-state index in [1.165, 1.54) is 6.07 Å². The fraction of sp³-hybridized carbons (Fsp3) is 0.276. The first-order chi connectivity index (χ1) is 18.3. The molecule has 2 aliphatic heterocycles. The standard InChI is InChI=1S/C29H25F5O4/c1-17-9-3-2-7-13-36-22-15-20(28(37-14-8-6-10-17)19-12-5-4-11-18(19)22)29(35)38-16-21-23(30)25(32)27(34)26(33)24(21)31/h3-5,9,11-12,15H,1-2,6-8,10,13-14,16H2/b9-3-. The lowest BCUT2D eigenvalue weighted by Crippen LogP contribution is -2.13. The van der Waals surface area contributed by atoms with Gasteiger partial charge < -0.3 is 14.2 Å². The molecule has 9 heteroatoms. The van der Waals surface area contributed by atoms with Crippen LogP contribution >= 0.6 is 0 Å². The van der Waals surface area contributed by atoms with Crippen LogP contribution in [0.25, 0.3) is 10.8 Å². The van der Waals surface area contributed by atoms with Crippen LogP contribution in [0.1, 0.15) is 48.0 Å². The Bertz CT molecular complexity index is 1370. The van der Waals surface area contributed by atoms with Gasteiger partial charge in [-0.05, 0) is 38.2 Å². The third kappa shape index (κ3) is 5.82. The molecule has 0 radical (unpaired) electrons. The van der Waals surface area contributed by atoms with Gasteiger partial charge in [-0.25, -0.2) is 26.7 Å². The first-order valence-corrected chi connectivity index (χ1v) is 12.1. The first kappa shape index (κ1) is 27.2. The van der Waals surface area contributed by atoms with E-state index in [2.05, 4.69) is 6.58 Å². The topological polar surface area (TPSA) is 44.8 Å². The van der Waals surface area contributed by atoms with Gasteiger partial charge in [0.25, 0.3) is 0 Å². The molecule has 200 valence electrons. The maximum atomic E-state index is 14.1. The Morgan fingerprint density at radius 3 is 2.26 bits per heavy atom. The largest absolute Gasteiger partial charge is 0.493 e. The molecule has 0 unspecified atom stereocenters. The first-order valence-electron chi connectivity index (χ1n) is 12.1. The van der Waals surface area contributed by atoms with Crippen molar-refractivity contribution >= 4 is 16.7 Å². The van der Waals surface area contributed by atoms with Crippen molar-refractivity contribution in [2.75, 3.05) is 13.2 Å². The molecule has 0 atom stereocenters. The third-order valence-electron chi connectivity index (χ3n) is 6.09. The van der Waals surface area contributed by atoms with Crippen LogP contribution in [0.5, 0.6) is 11.5 Å². The minimum atomic E-state index is -2.29. The minimum Gasteiger partial charge on any atom is -0.493 e. The van der Waals surface area contributed by atoms with Crippen molar-refractivity contribution in [2.24, 2.45) is 0 Å². The van der Waals surface area contributed by atoms with Crippen molar-refractivity contribution in [3.63, 3.8) is 0 Å². The fourth-order valence-corrected chi connectivity index (χ4v) is 4.08. The second-order valence-corrected chi connectivity index (χ2v) is 8.78. The van der Waals surface area contributed by atoms with E-state index in [1.54, 1.807) is 24.3 Å². The lowest BCUT2D eigenvalue weighted by Gasteiger charge is -2.18. The second kappa shape index (κ2) is 12.1. The quantitative estimate of drug-likeness (QED) is 0.150. The Hall–Kier alpha value is -3.88. The lowest BCUT2D eigenvalue weighted by atomic mass is 10.0. The monoisotopic (exact) mass is 532 g/mol. The Morgan fingerprint density at radius 1 is 0.868 bits per heavy atom. The Balaban J connectivity index is 1.69. The number of fused-ring (bicyclic) bond motifs is 11. The van der Waals surface area contributed by atoms with Crippen molar-refractivity contribution in [3.8, 4) is 11.5 Å². The molecule has 0 N–H and O–H groups in total. The van der Waals surface area contributed by atoms with Gasteiger partial charge in [0.05, 0.1) is 18.8 Å². The van der Waals surface area contributed by atoms with Crippen molar-refractivity contribution in [2.45, 2.75) is 38.7 Å². The summed E-state index contributed by atoms with van der Waals surface area (Å²) >= 11 is 0. The molecular formula is C29H25F5O4. The van der Waals surface area contributed by atoms with Crippen molar-refractivity contribution in [3.05, 3.63) is 94.8 Å². The average Bonchev–Trinajstić information content (AvgIpc) is 2.92. The van der Waals surface area contributed by atoms with Crippen LogP contribution in [0.2, 0.25) is 0 Å². The van der Waals surface area contributed by atoms with Crippen LogP contribution in [-0.4, -0.2) is 19.2 Å². The predicted octanol–water partition coefficient (Wildman–Crippen LogP) is 7.73. The molecule has 4 nitrogen and oxygen atoms in total. The summed E-state index contributed by atoms with van der Waals surface area (Å²) in [5.74, 6) is -11.2. The Kier molecular flexibility index (Phi) is 8.66. The summed E-state index contributed by atoms with van der Waals surface area (Å²) in [7, 11) is 0. The summed E-state index contributed by atoms with van der Waals surface area (Å²) in [5.41, 5.74) is -0.361. The maximum absolute atomic E-state index is 14.1. The van der Waals surface area contributed by atoms with Gasteiger partial charge >= 0.3 is 5.97 Å². The SMILES string of the molecule is C=C1/C=C\CCCOc2cc(C(=O)OCc3c(F)c(F)c(F)c(F)c3F)c(c3ccccc23)OCCCC1. The Labute approximate surface area is 216 Å². The summed E-state index contributed by atoms with van der Waals surface area (Å²) in [5, 5.41) is 1.22. The van der Waals surface area contributed by atoms with E-state index in [0.717, 1.165) is 24.8 Å². The molecule has 0 aliphatic carbocycles. The fourth-order valence-electron chi connectivity index (χ4n) is 4.08. The molecular weight excluding hydrogens is 507 g/mol. The van der Waals surface area contributed by atoms with Crippen LogP contribution in [-0.2, 0) is 11.3 Å². The highest BCUT2D eigenvalue weighted by Crippen LogP contribution is 2.38. The summed E-state index contributed by atoms with van der Waals surface area (Å²) < 4.78 is 85.8. The van der Waals surface area contributed by atoms with Crippen LogP contribution in [0.4, 0.5) is 22.0 Å². The van der Waals surface area contributed by atoms with Crippen molar-refractivity contribution in [1.29, 1.82) is 0 Å². The molecule has 2 aliphatic rings. The zero-order chi connectivity index (χ0) is 27.2. The van der Waals surface area contributed by atoms with Gasteiger partial charge in [-0.2, -0.15) is 0 Å². The molecule has 3 aromatic rings. The third-order valence-corrected chi connectivity index (χ3v) is 6.09. The number of carbonyl (C=O) groups excluding carboxylic acids is 1. The van der Waals surface area contributed by atoms with E-state index in [0.29, 0.717) is 36.0 Å². The van der Waals surface area contributed by atoms with Gasteiger partial charge in [0.2, 0.25) is 5.82 Å². The van der Waals surface area contributed by atoms with Crippen molar-refractivity contribution in [1.82, 2.24) is 0 Å². The molecule has 0 spiro atoms. The molecule has 0 saturated carbocycles. The molecule has 2 heterocycles. The Morgan fingerprint density at radius 2 is 1.53 bits per heavy atom. The number of esters is 1. The molecule has 3 aromatic carbocycles. The summed E-state index contributed by atoms with van der Waals surface area (Å²) in [4.78, 5) is 13.1. The number of benzene rings is 3. The minimum absolute atomic E-state index is 0.0982. The van der Waals surface area contributed by atoms with Crippen molar-refractivity contribution < 1.29 is 41.0 Å². The van der Waals surface area contributed by atoms with Crippen LogP contribution in [0, 0.1) is 29.1 Å². The smallest absolute Gasteiger partial charge is 0.342 e. The highest BCUT2D eigenvalue weighted by Gasteiger charge is 2.27. The van der Waals surface area contributed by atoms with Crippen LogP contribution < -0.4 is 9.47 Å². The van der Waals surface area contributed by atoms with Crippen LogP contribution in [0.15, 0.2) is 54.6 Å². The average molecular weight is 533 g/mol. The number of hydrogen-bond acceptors (Lipinski definition) is 4. The van der Waals surface area contributed by atoms with E-state index >= 15 is 0 Å². The highest BCUT2D eigenvalue weighted by molar-refractivity contribution is 6.04. The zero-order valence-electron chi connectivity index (χ0n) is 20.4. The molecule has 0 amide bonds. The summed E-state index contributed by atoms with van der Waals surface area (Å²) in [6, 6.07) is 8.48. The van der Waals surface area contributed by atoms with E-state index in [9.17, 15) is 26.7 Å². The summed E-state index contributed by atoms with van der Waals surface area (Å²) in [6.45, 7) is 3.44. The van der Waals surface area contributed by atoms with E-state index in [4.69, 9.17) is 14.2 Å². The maximum Gasteiger partial charge on any atom is 0.342 e. The number of rotatable bonds is 3. The number of allylic oxidation sites excluding steroid dienone is 3. The van der Waals surface area contributed by atoms with Gasteiger partial charge in [-0.15, -0.1) is 0 Å². The zero-order valence-corrected chi connectivity index (χ0v) is 20.4. The molecule has 0 aromatic heterocycles. The molecule has 38 heavy (non-hydrogen) atoms. The van der Waals surface area contributed by atoms with Gasteiger partial charge in [0.1, 0.15) is 23.7 Å². The van der Waals surface area contributed by atoms with Gasteiger partial charge in [-0.3, -0.25) is 0 Å². The van der Waals surface area contributed by atoms with Crippen LogP contribution in [0.3, 0.4) is 0 Å². The molecule has 2 bridgehead atoms.